The number of hydrogen-bond donors (Lipinski definition) is 1. The van der Waals surface area contributed by atoms with Crippen LogP contribution < -0.4 is 9.64 Å². The van der Waals surface area contributed by atoms with E-state index >= 15 is 0 Å². The zero-order valence-electron chi connectivity index (χ0n) is 22.6. The number of aromatic nitrogens is 3. The van der Waals surface area contributed by atoms with E-state index in [4.69, 9.17) is 16.3 Å². The number of aliphatic hydroxyl groups excluding tert-OH is 1. The van der Waals surface area contributed by atoms with Crippen molar-refractivity contribution in [3.05, 3.63) is 91.6 Å². The molecule has 2 aromatic carbocycles. The maximum atomic E-state index is 13.9. The number of halogens is 1. The first-order chi connectivity index (χ1) is 19.8. The van der Waals surface area contributed by atoms with Crippen LogP contribution in [0, 0.1) is 13.8 Å². The number of aliphatic hydroxyl groups is 1. The maximum Gasteiger partial charge on any atom is 0.296 e. The second kappa shape index (κ2) is 12.7. The number of unbranched alkanes of at least 4 members (excludes halogenated alkanes) is 1. The van der Waals surface area contributed by atoms with Gasteiger partial charge in [-0.15, -0.1) is 21.5 Å². The quantitative estimate of drug-likeness (QED) is 0.0789. The average Bonchev–Trinajstić information content (AvgIpc) is 3.64. The summed E-state index contributed by atoms with van der Waals surface area (Å²) >= 11 is 9.93. The van der Waals surface area contributed by atoms with E-state index in [-0.39, 0.29) is 10.7 Å². The molecule has 5 rings (SSSR count). The molecular formula is C29H27ClN4O4S3. The van der Waals surface area contributed by atoms with Gasteiger partial charge in [-0.25, -0.2) is 4.98 Å². The number of thioether (sulfide) groups is 1. The van der Waals surface area contributed by atoms with E-state index in [0.29, 0.717) is 43.6 Å². The van der Waals surface area contributed by atoms with Crippen LogP contribution >= 0.6 is 46.0 Å². The van der Waals surface area contributed by atoms with E-state index < -0.39 is 23.5 Å². The smallest absolute Gasteiger partial charge is 0.296 e. The molecule has 1 N–H and O–H groups in total. The highest BCUT2D eigenvalue weighted by molar-refractivity contribution is 8.00. The molecule has 3 heterocycles. The van der Waals surface area contributed by atoms with Crippen molar-refractivity contribution in [1.29, 1.82) is 0 Å². The number of carbonyl (C=O) groups excluding carboxylic acids is 2. The third-order valence-electron chi connectivity index (χ3n) is 6.38. The zero-order chi connectivity index (χ0) is 29.1. The summed E-state index contributed by atoms with van der Waals surface area (Å²) in [6, 6.07) is 13.9. The van der Waals surface area contributed by atoms with E-state index in [1.807, 2.05) is 49.4 Å². The van der Waals surface area contributed by atoms with Gasteiger partial charge in [0.15, 0.2) is 10.1 Å². The van der Waals surface area contributed by atoms with Crippen LogP contribution in [0.3, 0.4) is 0 Å². The molecule has 0 saturated heterocycles. The monoisotopic (exact) mass is 626 g/mol. The Morgan fingerprint density at radius 3 is 2.63 bits per heavy atom. The van der Waals surface area contributed by atoms with Crippen molar-refractivity contribution in [2.75, 3.05) is 11.5 Å². The topological polar surface area (TPSA) is 106 Å². The third-order valence-corrected chi connectivity index (χ3v) is 9.83. The fourth-order valence-electron chi connectivity index (χ4n) is 4.41. The van der Waals surface area contributed by atoms with Crippen LogP contribution in [-0.4, -0.2) is 38.6 Å². The van der Waals surface area contributed by atoms with E-state index in [2.05, 4.69) is 22.1 Å². The Morgan fingerprint density at radius 2 is 1.93 bits per heavy atom. The molecule has 41 heavy (non-hydrogen) atoms. The maximum absolute atomic E-state index is 13.9. The van der Waals surface area contributed by atoms with Gasteiger partial charge < -0.3 is 9.84 Å². The van der Waals surface area contributed by atoms with Crippen LogP contribution in [0.1, 0.15) is 57.3 Å². The Kier molecular flexibility index (Phi) is 9.08. The third kappa shape index (κ3) is 6.33. The number of amides is 1. The van der Waals surface area contributed by atoms with Gasteiger partial charge >= 0.3 is 0 Å². The van der Waals surface area contributed by atoms with Gasteiger partial charge in [0.25, 0.3) is 5.91 Å². The van der Waals surface area contributed by atoms with Gasteiger partial charge in [-0.1, -0.05) is 72.3 Å². The molecule has 212 valence electrons. The molecule has 1 unspecified atom stereocenters. The number of benzene rings is 2. The van der Waals surface area contributed by atoms with Crippen molar-refractivity contribution in [3.63, 3.8) is 0 Å². The fraction of sp³-hybridized carbons (Fsp3) is 0.276. The van der Waals surface area contributed by atoms with Crippen molar-refractivity contribution in [2.24, 2.45) is 0 Å². The highest BCUT2D eigenvalue weighted by Gasteiger charge is 2.46. The molecule has 8 nitrogen and oxygen atoms in total. The second-order valence-corrected chi connectivity index (χ2v) is 13.2. The lowest BCUT2D eigenvalue weighted by molar-refractivity contribution is -0.117. The number of aryl methyl sites for hydroxylation is 2. The van der Waals surface area contributed by atoms with E-state index in [1.165, 1.54) is 39.3 Å². The molecule has 1 atom stereocenters. The number of hydrogen-bond acceptors (Lipinski definition) is 10. The predicted octanol–water partition coefficient (Wildman–Crippen LogP) is 7.52. The Bertz CT molecular complexity index is 1620. The van der Waals surface area contributed by atoms with Crippen LogP contribution in [0.25, 0.3) is 0 Å². The van der Waals surface area contributed by atoms with Crippen molar-refractivity contribution >= 4 is 62.9 Å². The number of rotatable bonds is 11. The van der Waals surface area contributed by atoms with E-state index in [0.717, 1.165) is 23.4 Å². The molecule has 1 aliphatic heterocycles. The molecule has 0 radical (unpaired) electrons. The molecule has 2 aromatic heterocycles. The molecular weight excluding hydrogens is 600 g/mol. The molecule has 1 aliphatic rings. The number of carbonyl (C=O) groups is 2. The Balaban J connectivity index is 1.50. The van der Waals surface area contributed by atoms with Crippen LogP contribution in [0.4, 0.5) is 5.13 Å². The lowest BCUT2D eigenvalue weighted by atomic mass is 9.95. The summed E-state index contributed by atoms with van der Waals surface area (Å²) in [7, 11) is 0. The Hall–Kier alpha value is -3.25. The first-order valence-corrected chi connectivity index (χ1v) is 16.0. The number of ketones is 1. The minimum Gasteiger partial charge on any atom is -0.503 e. The van der Waals surface area contributed by atoms with Gasteiger partial charge in [-0.2, -0.15) is 0 Å². The highest BCUT2D eigenvalue weighted by atomic mass is 35.5. The summed E-state index contributed by atoms with van der Waals surface area (Å²) in [5.74, 6) is -0.501. The minimum atomic E-state index is -0.923. The molecule has 12 heteroatoms. The summed E-state index contributed by atoms with van der Waals surface area (Å²) in [5.41, 5.74) is 2.21. The van der Waals surface area contributed by atoms with Crippen molar-refractivity contribution in [2.45, 2.75) is 49.7 Å². The Morgan fingerprint density at radius 1 is 1.15 bits per heavy atom. The zero-order valence-corrected chi connectivity index (χ0v) is 25.8. The van der Waals surface area contributed by atoms with Gasteiger partial charge in [0.05, 0.1) is 33.8 Å². The summed E-state index contributed by atoms with van der Waals surface area (Å²) in [5, 5.41) is 21.4. The van der Waals surface area contributed by atoms with Crippen molar-refractivity contribution < 1.29 is 19.4 Å². The van der Waals surface area contributed by atoms with Crippen LogP contribution in [0.2, 0.25) is 5.02 Å². The lowest BCUT2D eigenvalue weighted by Crippen LogP contribution is -2.31. The van der Waals surface area contributed by atoms with Crippen LogP contribution in [0.15, 0.2) is 64.2 Å². The summed E-state index contributed by atoms with van der Waals surface area (Å²) in [4.78, 5) is 33.6. The van der Waals surface area contributed by atoms with Crippen LogP contribution in [0.5, 0.6) is 5.75 Å². The average molecular weight is 627 g/mol. The van der Waals surface area contributed by atoms with E-state index in [9.17, 15) is 14.7 Å². The largest absolute Gasteiger partial charge is 0.503 e. The lowest BCUT2D eigenvalue weighted by Gasteiger charge is -2.24. The molecule has 0 aliphatic carbocycles. The molecule has 0 spiro atoms. The summed E-state index contributed by atoms with van der Waals surface area (Å²) in [6.07, 6.45) is 1.89. The van der Waals surface area contributed by atoms with Gasteiger partial charge in [0.1, 0.15) is 5.75 Å². The minimum absolute atomic E-state index is 0.0157. The summed E-state index contributed by atoms with van der Waals surface area (Å²) in [6.45, 7) is 6.19. The predicted molar refractivity (Wildman–Crippen MR) is 164 cm³/mol. The molecule has 0 saturated carbocycles. The van der Waals surface area contributed by atoms with Crippen molar-refractivity contribution in [3.8, 4) is 5.75 Å². The first kappa shape index (κ1) is 29.2. The Labute approximate surface area is 255 Å². The SMILES string of the molecule is CCCCOc1cccc(C2C(C(=O)c3sc(C)nc3C)=C(O)C(=O)N2c2nnc(SCc3ccc(Cl)cc3)s2)c1. The van der Waals surface area contributed by atoms with Gasteiger partial charge in [0.2, 0.25) is 10.9 Å². The number of anilines is 1. The number of nitrogens with zero attached hydrogens (tertiary/aromatic N) is 4. The first-order valence-electron chi connectivity index (χ1n) is 13.0. The number of ether oxygens (including phenoxy) is 1. The normalized spacial score (nSPS) is 15.2. The van der Waals surface area contributed by atoms with Gasteiger partial charge in [-0.05, 0) is 55.7 Å². The highest BCUT2D eigenvalue weighted by Crippen LogP contribution is 2.45. The van der Waals surface area contributed by atoms with Crippen LogP contribution in [-0.2, 0) is 10.5 Å². The standard InChI is InChI=1S/C29H27ClN4O4S3/c1-4-5-13-38-21-8-6-7-19(14-21)23-22(24(35)26-16(2)31-17(3)40-26)25(36)27(37)34(23)28-32-33-29(41-28)39-15-18-9-11-20(30)12-10-18/h6-12,14,23,36H,4-5,13,15H2,1-3H3. The fourth-order valence-corrected chi connectivity index (χ4v) is 7.23. The second-order valence-electron chi connectivity index (χ2n) is 9.36. The molecule has 0 bridgehead atoms. The van der Waals surface area contributed by atoms with Gasteiger partial charge in [0, 0.05) is 10.8 Å². The number of thiazole rings is 1. The molecule has 4 aromatic rings. The number of Topliss-reactive ketones (excluding diaryl/α,β-unsaturated/α-hetero) is 1. The molecule has 1 amide bonds. The summed E-state index contributed by atoms with van der Waals surface area (Å²) < 4.78 is 6.56. The van der Waals surface area contributed by atoms with Crippen molar-refractivity contribution in [1.82, 2.24) is 15.2 Å². The van der Waals surface area contributed by atoms with Gasteiger partial charge in [-0.3, -0.25) is 14.5 Å². The molecule has 0 fully saturated rings. The van der Waals surface area contributed by atoms with E-state index in [1.54, 1.807) is 13.0 Å².